The summed E-state index contributed by atoms with van der Waals surface area (Å²) < 4.78 is 18.1. The number of carbonyl (C=O) groups excluding carboxylic acids is 2. The van der Waals surface area contributed by atoms with Gasteiger partial charge in [0, 0.05) is 17.1 Å². The van der Waals surface area contributed by atoms with Gasteiger partial charge in [-0.15, -0.1) is 11.3 Å². The molecule has 0 unspecified atom stereocenters. The van der Waals surface area contributed by atoms with Gasteiger partial charge in [-0.2, -0.15) is 0 Å². The SMILES string of the molecule is CCOC(=O)CC(=O)c1sc2ncccc2c1-c1ccc(F)cc1. The van der Waals surface area contributed by atoms with E-state index in [9.17, 15) is 14.0 Å². The molecule has 0 N–H and O–H groups in total. The summed E-state index contributed by atoms with van der Waals surface area (Å²) in [6, 6.07) is 9.56. The molecule has 4 nitrogen and oxygen atoms in total. The highest BCUT2D eigenvalue weighted by molar-refractivity contribution is 7.21. The fourth-order valence-electron chi connectivity index (χ4n) is 2.46. The van der Waals surface area contributed by atoms with Gasteiger partial charge in [-0.05, 0) is 36.8 Å². The van der Waals surface area contributed by atoms with Crippen molar-refractivity contribution in [1.29, 1.82) is 0 Å². The van der Waals surface area contributed by atoms with Crippen molar-refractivity contribution in [1.82, 2.24) is 4.98 Å². The average molecular weight is 343 g/mol. The lowest BCUT2D eigenvalue weighted by Crippen LogP contribution is -2.11. The van der Waals surface area contributed by atoms with Crippen molar-refractivity contribution in [3.05, 3.63) is 53.3 Å². The maximum Gasteiger partial charge on any atom is 0.313 e. The lowest BCUT2D eigenvalue weighted by atomic mass is 10.0. The van der Waals surface area contributed by atoms with E-state index in [0.29, 0.717) is 20.8 Å². The quantitative estimate of drug-likeness (QED) is 0.395. The molecule has 1 aromatic carbocycles. The van der Waals surface area contributed by atoms with Crippen LogP contribution in [0, 0.1) is 5.82 Å². The Morgan fingerprint density at radius 3 is 2.67 bits per heavy atom. The lowest BCUT2D eigenvalue weighted by molar-refractivity contribution is -0.141. The number of halogens is 1. The number of pyridine rings is 1. The van der Waals surface area contributed by atoms with Crippen LogP contribution in [0.5, 0.6) is 0 Å². The number of rotatable bonds is 5. The molecule has 0 radical (unpaired) electrons. The molecule has 2 aromatic heterocycles. The molecule has 0 saturated heterocycles. The van der Waals surface area contributed by atoms with Crippen molar-refractivity contribution in [2.45, 2.75) is 13.3 Å². The molecule has 0 aliphatic heterocycles. The zero-order chi connectivity index (χ0) is 17.1. The Bertz CT molecular complexity index is 902. The van der Waals surface area contributed by atoms with Gasteiger partial charge in [-0.3, -0.25) is 9.59 Å². The molecule has 0 amide bonds. The van der Waals surface area contributed by atoms with Gasteiger partial charge in [0.2, 0.25) is 0 Å². The second-order valence-electron chi connectivity index (χ2n) is 5.07. The predicted octanol–water partition coefficient (Wildman–Crippen LogP) is 4.24. The second kappa shape index (κ2) is 6.88. The van der Waals surface area contributed by atoms with Crippen LogP contribution in [0.1, 0.15) is 23.0 Å². The summed E-state index contributed by atoms with van der Waals surface area (Å²) in [7, 11) is 0. The molecule has 0 saturated carbocycles. The average Bonchev–Trinajstić information content (AvgIpc) is 2.95. The van der Waals surface area contributed by atoms with Crippen LogP contribution in [0.25, 0.3) is 21.3 Å². The van der Waals surface area contributed by atoms with E-state index in [-0.39, 0.29) is 24.6 Å². The van der Waals surface area contributed by atoms with E-state index < -0.39 is 5.97 Å². The highest BCUT2D eigenvalue weighted by Crippen LogP contribution is 2.38. The molecular weight excluding hydrogens is 329 g/mol. The van der Waals surface area contributed by atoms with E-state index in [2.05, 4.69) is 4.98 Å². The van der Waals surface area contributed by atoms with Gasteiger partial charge in [-0.25, -0.2) is 9.37 Å². The lowest BCUT2D eigenvalue weighted by Gasteiger charge is -2.05. The van der Waals surface area contributed by atoms with Crippen molar-refractivity contribution in [2.24, 2.45) is 0 Å². The Kier molecular flexibility index (Phi) is 4.66. The highest BCUT2D eigenvalue weighted by Gasteiger charge is 2.22. The number of ether oxygens (including phenoxy) is 1. The van der Waals surface area contributed by atoms with E-state index in [1.807, 2.05) is 6.07 Å². The minimum Gasteiger partial charge on any atom is -0.466 e. The number of hydrogen-bond acceptors (Lipinski definition) is 5. The largest absolute Gasteiger partial charge is 0.466 e. The number of aromatic nitrogens is 1. The molecule has 2 heterocycles. The first kappa shape index (κ1) is 16.3. The smallest absolute Gasteiger partial charge is 0.313 e. The third-order valence-corrected chi connectivity index (χ3v) is 4.62. The minimum absolute atomic E-state index is 0.227. The van der Waals surface area contributed by atoms with Crippen molar-refractivity contribution < 1.29 is 18.7 Å². The summed E-state index contributed by atoms with van der Waals surface area (Å²) in [5, 5.41) is 0.807. The van der Waals surface area contributed by atoms with E-state index in [1.54, 1.807) is 31.3 Å². The maximum absolute atomic E-state index is 13.2. The predicted molar refractivity (Wildman–Crippen MR) is 90.6 cm³/mol. The molecule has 6 heteroatoms. The molecule has 0 fully saturated rings. The van der Waals surface area contributed by atoms with Crippen LogP contribution in [0.2, 0.25) is 0 Å². The number of nitrogens with zero attached hydrogens (tertiary/aromatic N) is 1. The molecule has 0 aliphatic rings. The van der Waals surface area contributed by atoms with Gasteiger partial charge in [0.05, 0.1) is 11.5 Å². The fraction of sp³-hybridized carbons (Fsp3) is 0.167. The number of hydrogen-bond donors (Lipinski definition) is 0. The Morgan fingerprint density at radius 2 is 1.96 bits per heavy atom. The van der Waals surface area contributed by atoms with Crippen molar-refractivity contribution in [3.8, 4) is 11.1 Å². The van der Waals surface area contributed by atoms with E-state index >= 15 is 0 Å². The summed E-state index contributed by atoms with van der Waals surface area (Å²) >= 11 is 1.23. The van der Waals surface area contributed by atoms with Gasteiger partial charge >= 0.3 is 5.97 Å². The Hall–Kier alpha value is -2.60. The van der Waals surface area contributed by atoms with Crippen LogP contribution in [0.15, 0.2) is 42.6 Å². The third kappa shape index (κ3) is 3.19. The second-order valence-corrected chi connectivity index (χ2v) is 6.07. The number of fused-ring (bicyclic) bond motifs is 1. The van der Waals surface area contributed by atoms with Crippen LogP contribution >= 0.6 is 11.3 Å². The fourth-order valence-corrected chi connectivity index (χ4v) is 3.56. The zero-order valence-corrected chi connectivity index (χ0v) is 13.7. The third-order valence-electron chi connectivity index (χ3n) is 3.46. The van der Waals surface area contributed by atoms with Gasteiger partial charge < -0.3 is 4.74 Å². The summed E-state index contributed by atoms with van der Waals surface area (Å²) in [5.74, 6) is -1.23. The van der Waals surface area contributed by atoms with Crippen LogP contribution in [0.3, 0.4) is 0 Å². The molecule has 122 valence electrons. The monoisotopic (exact) mass is 343 g/mol. The Balaban J connectivity index is 2.10. The molecule has 3 rings (SSSR count). The number of thiophene rings is 1. The first-order chi connectivity index (χ1) is 11.6. The number of carbonyl (C=O) groups is 2. The standard InChI is InChI=1S/C18H14FNO3S/c1-2-23-15(22)10-14(21)17-16(11-5-7-12(19)8-6-11)13-4-3-9-20-18(13)24-17/h3-9H,2,10H2,1H3. The number of esters is 1. The first-order valence-corrected chi connectivity index (χ1v) is 8.24. The molecule has 0 spiro atoms. The van der Waals surface area contributed by atoms with Crippen molar-refractivity contribution in [2.75, 3.05) is 6.61 Å². The van der Waals surface area contributed by atoms with Gasteiger partial charge in [0.15, 0.2) is 5.78 Å². The van der Waals surface area contributed by atoms with Gasteiger partial charge in [-0.1, -0.05) is 12.1 Å². The highest BCUT2D eigenvalue weighted by atomic mass is 32.1. The van der Waals surface area contributed by atoms with E-state index in [1.165, 1.54) is 23.5 Å². The Labute approximate surface area is 141 Å². The Morgan fingerprint density at radius 1 is 1.21 bits per heavy atom. The van der Waals surface area contributed by atoms with E-state index in [4.69, 9.17) is 4.74 Å². The first-order valence-electron chi connectivity index (χ1n) is 7.42. The van der Waals surface area contributed by atoms with E-state index in [0.717, 1.165) is 5.39 Å². The molecule has 24 heavy (non-hydrogen) atoms. The zero-order valence-electron chi connectivity index (χ0n) is 12.9. The van der Waals surface area contributed by atoms with Gasteiger partial charge in [0.1, 0.15) is 17.1 Å². The molecule has 3 aromatic rings. The van der Waals surface area contributed by atoms with Crippen molar-refractivity contribution in [3.63, 3.8) is 0 Å². The number of ketones is 1. The summed E-state index contributed by atoms with van der Waals surface area (Å²) in [4.78, 5) is 29.6. The minimum atomic E-state index is -0.557. The summed E-state index contributed by atoms with van der Waals surface area (Å²) in [5.41, 5.74) is 1.39. The van der Waals surface area contributed by atoms with Gasteiger partial charge in [0.25, 0.3) is 0 Å². The normalized spacial score (nSPS) is 10.8. The maximum atomic E-state index is 13.2. The van der Waals surface area contributed by atoms with Crippen LogP contribution in [-0.4, -0.2) is 23.3 Å². The molecular formula is C18H14FNO3S. The van der Waals surface area contributed by atoms with Crippen LogP contribution < -0.4 is 0 Å². The summed E-state index contributed by atoms with van der Waals surface area (Å²) in [6.07, 6.45) is 1.32. The number of benzene rings is 1. The topological polar surface area (TPSA) is 56.3 Å². The van der Waals surface area contributed by atoms with Crippen LogP contribution in [0.4, 0.5) is 4.39 Å². The molecule has 0 atom stereocenters. The molecule has 0 aliphatic carbocycles. The van der Waals surface area contributed by atoms with Crippen molar-refractivity contribution >= 4 is 33.3 Å². The summed E-state index contributed by atoms with van der Waals surface area (Å²) in [6.45, 7) is 1.92. The molecule has 0 bridgehead atoms. The number of Topliss-reactive ketones (excluding diaryl/α,β-unsaturated/α-hetero) is 1. The van der Waals surface area contributed by atoms with Crippen LogP contribution in [-0.2, 0) is 9.53 Å².